The van der Waals surface area contributed by atoms with Crippen LogP contribution in [0.1, 0.15) is 129 Å². The summed E-state index contributed by atoms with van der Waals surface area (Å²) in [7, 11) is 1.63. The number of benzene rings is 2. The monoisotopic (exact) mass is 575 g/mol. The lowest BCUT2D eigenvalue weighted by Gasteiger charge is -2.32. The second-order valence-corrected chi connectivity index (χ2v) is 11.5. The van der Waals surface area contributed by atoms with Gasteiger partial charge in [0, 0.05) is 13.0 Å². The number of ether oxygens (including phenoxy) is 1. The smallest absolute Gasteiger partial charge is 0.266 e. The van der Waals surface area contributed by atoms with Crippen LogP contribution in [0, 0.1) is 0 Å². The van der Waals surface area contributed by atoms with Crippen molar-refractivity contribution in [3.8, 4) is 11.4 Å². The van der Waals surface area contributed by atoms with E-state index in [-0.39, 0.29) is 17.5 Å². The van der Waals surface area contributed by atoms with Crippen molar-refractivity contribution in [3.05, 3.63) is 64.7 Å². The van der Waals surface area contributed by atoms with Crippen LogP contribution < -0.4 is 10.3 Å². The fraction of sp³-hybridized carbons (Fsp3) is 0.583. The van der Waals surface area contributed by atoms with Crippen LogP contribution in [0.15, 0.2) is 53.3 Å². The summed E-state index contributed by atoms with van der Waals surface area (Å²) in [6, 6.07) is 14.7. The highest BCUT2D eigenvalue weighted by atomic mass is 16.5. The lowest BCUT2D eigenvalue weighted by atomic mass is 10.0. The molecule has 0 aliphatic rings. The third-order valence-corrected chi connectivity index (χ3v) is 8.26. The molecule has 1 amide bonds. The van der Waals surface area contributed by atoms with Gasteiger partial charge in [-0.2, -0.15) is 0 Å². The van der Waals surface area contributed by atoms with Crippen LogP contribution >= 0.6 is 0 Å². The van der Waals surface area contributed by atoms with Gasteiger partial charge >= 0.3 is 0 Å². The number of hydrogen-bond donors (Lipinski definition) is 0. The van der Waals surface area contributed by atoms with Gasteiger partial charge in [0.1, 0.15) is 11.6 Å². The van der Waals surface area contributed by atoms with Crippen LogP contribution in [0.25, 0.3) is 16.6 Å². The zero-order valence-electron chi connectivity index (χ0n) is 26.6. The Kier molecular flexibility index (Phi) is 14.6. The molecular weight excluding hydrogens is 522 g/mol. The van der Waals surface area contributed by atoms with Crippen LogP contribution in [-0.4, -0.2) is 34.0 Å². The molecule has 3 aromatic rings. The van der Waals surface area contributed by atoms with Crippen LogP contribution in [0.3, 0.4) is 0 Å². The molecule has 3 rings (SSSR count). The Morgan fingerprint density at radius 3 is 2.00 bits per heavy atom. The first-order valence-electron chi connectivity index (χ1n) is 16.5. The van der Waals surface area contributed by atoms with Crippen LogP contribution in [0.5, 0.6) is 5.75 Å². The number of hydrogen-bond acceptors (Lipinski definition) is 4. The molecular formula is C36H53N3O3. The molecule has 0 N–H and O–H groups in total. The van der Waals surface area contributed by atoms with Gasteiger partial charge in [0.25, 0.3) is 5.56 Å². The maximum absolute atomic E-state index is 13.9. The number of carbonyl (C=O) groups is 1. The number of unbranched alkanes of at least 4 members (excludes halogenated alkanes) is 11. The largest absolute Gasteiger partial charge is 0.497 e. The fourth-order valence-corrected chi connectivity index (χ4v) is 5.76. The van der Waals surface area contributed by atoms with Gasteiger partial charge in [0.2, 0.25) is 5.91 Å². The Hall–Kier alpha value is -3.15. The molecule has 0 aliphatic heterocycles. The van der Waals surface area contributed by atoms with E-state index in [1.165, 1.54) is 57.8 Å². The van der Waals surface area contributed by atoms with Crippen LogP contribution in [0.2, 0.25) is 0 Å². The highest BCUT2D eigenvalue weighted by Crippen LogP contribution is 2.28. The first-order chi connectivity index (χ1) is 20.5. The van der Waals surface area contributed by atoms with E-state index in [0.29, 0.717) is 36.1 Å². The summed E-state index contributed by atoms with van der Waals surface area (Å²) in [5, 5.41) is 0.569. The minimum Gasteiger partial charge on any atom is -0.497 e. The van der Waals surface area contributed by atoms with Crippen molar-refractivity contribution in [1.29, 1.82) is 0 Å². The van der Waals surface area contributed by atoms with Crippen LogP contribution in [0.4, 0.5) is 0 Å². The van der Waals surface area contributed by atoms with Crippen molar-refractivity contribution in [2.45, 2.75) is 123 Å². The molecule has 1 atom stereocenters. The van der Waals surface area contributed by atoms with Crippen molar-refractivity contribution in [2.75, 3.05) is 13.7 Å². The third kappa shape index (κ3) is 9.43. The first-order valence-corrected chi connectivity index (χ1v) is 16.5. The third-order valence-electron chi connectivity index (χ3n) is 8.26. The summed E-state index contributed by atoms with van der Waals surface area (Å²) in [4.78, 5) is 34.7. The summed E-state index contributed by atoms with van der Waals surface area (Å²) in [6.45, 7) is 7.16. The molecule has 0 aliphatic carbocycles. The molecule has 0 saturated carbocycles. The number of methoxy groups -OCH3 is 1. The van der Waals surface area contributed by atoms with Crippen molar-refractivity contribution < 1.29 is 9.53 Å². The van der Waals surface area contributed by atoms with Crippen molar-refractivity contribution in [2.24, 2.45) is 0 Å². The second-order valence-electron chi connectivity index (χ2n) is 11.5. The Morgan fingerprint density at radius 2 is 1.40 bits per heavy atom. The van der Waals surface area contributed by atoms with Gasteiger partial charge in [0.05, 0.1) is 29.7 Å². The normalized spacial score (nSPS) is 12.0. The van der Waals surface area contributed by atoms with Gasteiger partial charge in [-0.3, -0.25) is 14.2 Å². The highest BCUT2D eigenvalue weighted by molar-refractivity contribution is 5.79. The Labute approximate surface area is 253 Å². The topological polar surface area (TPSA) is 64.4 Å². The number of nitrogens with zero attached hydrogens (tertiary/aromatic N) is 3. The molecule has 0 bridgehead atoms. The summed E-state index contributed by atoms with van der Waals surface area (Å²) in [6.07, 6.45) is 17.0. The summed E-state index contributed by atoms with van der Waals surface area (Å²) in [5.74, 6) is 1.51. The Morgan fingerprint density at radius 1 is 0.810 bits per heavy atom. The van der Waals surface area contributed by atoms with Crippen LogP contribution in [-0.2, 0) is 4.79 Å². The first kappa shape index (κ1) is 33.4. The van der Waals surface area contributed by atoms with Gasteiger partial charge in [-0.25, -0.2) is 4.98 Å². The molecule has 6 heteroatoms. The molecule has 0 fully saturated rings. The zero-order chi connectivity index (χ0) is 30.2. The van der Waals surface area contributed by atoms with Crippen molar-refractivity contribution in [1.82, 2.24) is 14.5 Å². The molecule has 0 unspecified atom stereocenters. The van der Waals surface area contributed by atoms with Crippen molar-refractivity contribution in [3.63, 3.8) is 0 Å². The van der Waals surface area contributed by atoms with Gasteiger partial charge in [-0.05, 0) is 55.7 Å². The average molecular weight is 576 g/mol. The van der Waals surface area contributed by atoms with E-state index in [1.54, 1.807) is 11.7 Å². The molecule has 42 heavy (non-hydrogen) atoms. The van der Waals surface area contributed by atoms with Gasteiger partial charge in [-0.15, -0.1) is 0 Å². The molecule has 230 valence electrons. The van der Waals surface area contributed by atoms with Gasteiger partial charge in [0.15, 0.2) is 0 Å². The molecule has 1 aromatic heterocycles. The predicted octanol–water partition coefficient (Wildman–Crippen LogP) is 9.18. The maximum Gasteiger partial charge on any atom is 0.266 e. The quantitative estimate of drug-likeness (QED) is 0.126. The minimum absolute atomic E-state index is 0.118. The Balaban J connectivity index is 1.77. The average Bonchev–Trinajstić information content (AvgIpc) is 3.02. The maximum atomic E-state index is 13.9. The fourth-order valence-electron chi connectivity index (χ4n) is 5.76. The standard InChI is InChI=1S/C36H53N3O3/c1-5-8-10-11-12-13-14-15-16-17-18-23-34(40)38(28-9-6-2)33(7-3)35-37-32-22-20-19-21-31(32)36(41)39(35)29-24-26-30(42-4)27-25-29/h19-22,24-27,33H,5-18,23,28H2,1-4H3/t33-/m0/s1. The number of para-hydroxylation sites is 1. The summed E-state index contributed by atoms with van der Waals surface area (Å²) < 4.78 is 7.05. The summed E-state index contributed by atoms with van der Waals surface area (Å²) in [5.41, 5.74) is 1.27. The number of carbonyl (C=O) groups excluding carboxylic acids is 1. The summed E-state index contributed by atoms with van der Waals surface area (Å²) >= 11 is 0. The molecule has 0 spiro atoms. The van der Waals surface area contributed by atoms with E-state index in [9.17, 15) is 9.59 Å². The molecule has 2 aromatic carbocycles. The molecule has 6 nitrogen and oxygen atoms in total. The highest BCUT2D eigenvalue weighted by Gasteiger charge is 2.28. The van der Waals surface area contributed by atoms with E-state index in [4.69, 9.17) is 9.72 Å². The minimum atomic E-state index is -0.295. The Bertz CT molecular complexity index is 1270. The molecule has 0 saturated heterocycles. The molecule has 0 radical (unpaired) electrons. The number of fused-ring (bicyclic) bond motifs is 1. The van der Waals surface area contributed by atoms with E-state index in [2.05, 4.69) is 20.8 Å². The number of rotatable bonds is 20. The second kappa shape index (κ2) is 18.4. The predicted molar refractivity (Wildman–Crippen MR) is 175 cm³/mol. The van der Waals surface area contributed by atoms with Gasteiger partial charge in [-0.1, -0.05) is 104 Å². The SMILES string of the molecule is CCCCCCCCCCCCCC(=O)N(CCCC)[C@@H](CC)c1nc2ccccc2c(=O)n1-c1ccc(OC)cc1. The van der Waals surface area contributed by atoms with E-state index >= 15 is 0 Å². The lowest BCUT2D eigenvalue weighted by molar-refractivity contribution is -0.134. The van der Waals surface area contributed by atoms with Crippen molar-refractivity contribution >= 4 is 16.8 Å². The molecule has 1 heterocycles. The van der Waals surface area contributed by atoms with E-state index in [1.807, 2.05) is 53.4 Å². The number of amides is 1. The van der Waals surface area contributed by atoms with E-state index in [0.717, 1.165) is 37.1 Å². The van der Waals surface area contributed by atoms with Gasteiger partial charge < -0.3 is 9.64 Å². The lowest BCUT2D eigenvalue weighted by Crippen LogP contribution is -2.39. The van der Waals surface area contributed by atoms with E-state index < -0.39 is 0 Å². The zero-order valence-corrected chi connectivity index (χ0v) is 26.6. The number of aromatic nitrogens is 2.